The van der Waals surface area contributed by atoms with Gasteiger partial charge in [0, 0.05) is 66.8 Å². The van der Waals surface area contributed by atoms with Crippen molar-refractivity contribution in [2.75, 3.05) is 32.5 Å². The monoisotopic (exact) mass is 614 g/mol. The highest BCUT2D eigenvalue weighted by atomic mass is 32.2. The van der Waals surface area contributed by atoms with E-state index < -0.39 is 4.92 Å². The lowest BCUT2D eigenvalue weighted by Gasteiger charge is -2.40. The number of piperazine rings is 1. The molecule has 0 aliphatic carbocycles. The zero-order valence-corrected chi connectivity index (χ0v) is 25.7. The van der Waals surface area contributed by atoms with Gasteiger partial charge in [0.25, 0.3) is 11.6 Å². The number of benzene rings is 3. The standard InChI is InChI=1S/C32H34N6O5S/c1-22-12-14-26(15-13-22)37-30(24-7-5-10-28(20-24)43-3)33-34-32(37)44-18-6-11-29(39)35-16-17-36(23(2)21-35)31(40)25-8-4-9-27(19-25)38(41)42/h4-5,7-10,12-15,19-20,23H,6,11,16-18,21H2,1-3H3. The summed E-state index contributed by atoms with van der Waals surface area (Å²) in [5.74, 6) is 1.89. The lowest BCUT2D eigenvalue weighted by atomic mass is 10.1. The van der Waals surface area contributed by atoms with Crippen molar-refractivity contribution in [3.05, 3.63) is 94.0 Å². The molecule has 228 valence electrons. The van der Waals surface area contributed by atoms with Gasteiger partial charge in [-0.25, -0.2) is 0 Å². The summed E-state index contributed by atoms with van der Waals surface area (Å²) in [5, 5.41) is 20.9. The van der Waals surface area contributed by atoms with Crippen molar-refractivity contribution in [1.82, 2.24) is 24.6 Å². The van der Waals surface area contributed by atoms with Crippen molar-refractivity contribution in [3.8, 4) is 22.8 Å². The number of nitro benzene ring substituents is 1. The van der Waals surface area contributed by atoms with Gasteiger partial charge < -0.3 is 14.5 Å². The smallest absolute Gasteiger partial charge is 0.270 e. The van der Waals surface area contributed by atoms with Gasteiger partial charge in [0.1, 0.15) is 5.75 Å². The van der Waals surface area contributed by atoms with Gasteiger partial charge >= 0.3 is 0 Å². The van der Waals surface area contributed by atoms with E-state index in [4.69, 9.17) is 4.74 Å². The first-order valence-electron chi connectivity index (χ1n) is 14.4. The number of carbonyl (C=O) groups excluding carboxylic acids is 2. The summed E-state index contributed by atoms with van der Waals surface area (Å²) in [6, 6.07) is 21.4. The van der Waals surface area contributed by atoms with Crippen molar-refractivity contribution in [1.29, 1.82) is 0 Å². The Balaban J connectivity index is 1.19. The van der Waals surface area contributed by atoms with E-state index in [1.54, 1.807) is 34.7 Å². The highest BCUT2D eigenvalue weighted by molar-refractivity contribution is 7.99. The molecule has 1 atom stereocenters. The molecule has 5 rings (SSSR count). The number of methoxy groups -OCH3 is 1. The molecule has 1 fully saturated rings. The van der Waals surface area contributed by atoms with Gasteiger partial charge in [-0.1, -0.05) is 47.7 Å². The van der Waals surface area contributed by atoms with Crippen LogP contribution in [0.2, 0.25) is 0 Å². The number of thioether (sulfide) groups is 1. The highest BCUT2D eigenvalue weighted by Crippen LogP contribution is 2.30. The first-order chi connectivity index (χ1) is 21.2. The minimum atomic E-state index is -0.513. The molecule has 2 heterocycles. The fourth-order valence-corrected chi connectivity index (χ4v) is 6.08. The molecule has 1 saturated heterocycles. The van der Waals surface area contributed by atoms with Crippen LogP contribution < -0.4 is 4.74 Å². The number of carbonyl (C=O) groups is 2. The number of ether oxygens (including phenoxy) is 1. The minimum Gasteiger partial charge on any atom is -0.497 e. The second-order valence-electron chi connectivity index (χ2n) is 10.7. The van der Waals surface area contributed by atoms with Crippen LogP contribution in [0, 0.1) is 17.0 Å². The van der Waals surface area contributed by atoms with E-state index in [0.29, 0.717) is 44.1 Å². The van der Waals surface area contributed by atoms with Crippen LogP contribution in [0.5, 0.6) is 5.75 Å². The average Bonchev–Trinajstić information content (AvgIpc) is 3.47. The third-order valence-electron chi connectivity index (χ3n) is 7.56. The molecule has 0 saturated carbocycles. The van der Waals surface area contributed by atoms with E-state index in [-0.39, 0.29) is 29.1 Å². The molecule has 1 aliphatic heterocycles. The molecule has 1 aromatic heterocycles. The average molecular weight is 615 g/mol. The zero-order valence-electron chi connectivity index (χ0n) is 24.9. The summed E-state index contributed by atoms with van der Waals surface area (Å²) in [5.41, 5.74) is 3.14. The summed E-state index contributed by atoms with van der Waals surface area (Å²) in [7, 11) is 1.63. The van der Waals surface area contributed by atoms with Crippen LogP contribution in [0.3, 0.4) is 0 Å². The Labute approximate surface area is 260 Å². The van der Waals surface area contributed by atoms with Crippen LogP contribution in [-0.2, 0) is 4.79 Å². The van der Waals surface area contributed by atoms with Gasteiger partial charge in [0.05, 0.1) is 12.0 Å². The lowest BCUT2D eigenvalue weighted by Crippen LogP contribution is -2.55. The van der Waals surface area contributed by atoms with E-state index in [9.17, 15) is 19.7 Å². The molecule has 44 heavy (non-hydrogen) atoms. The fraction of sp³-hybridized carbons (Fsp3) is 0.312. The molecule has 0 radical (unpaired) electrons. The third-order valence-corrected chi connectivity index (χ3v) is 8.58. The maximum Gasteiger partial charge on any atom is 0.270 e. The van der Waals surface area contributed by atoms with Crippen LogP contribution in [-0.4, -0.2) is 79.8 Å². The largest absolute Gasteiger partial charge is 0.497 e. The van der Waals surface area contributed by atoms with Crippen LogP contribution in [0.1, 0.15) is 35.7 Å². The number of rotatable bonds is 10. The number of hydrogen-bond donors (Lipinski definition) is 0. The molecule has 0 spiro atoms. The van der Waals surface area contributed by atoms with Crippen molar-refractivity contribution in [2.45, 2.75) is 37.9 Å². The molecule has 3 aromatic carbocycles. The molecule has 1 unspecified atom stereocenters. The quantitative estimate of drug-likeness (QED) is 0.101. The maximum atomic E-state index is 13.1. The Bertz CT molecular complexity index is 1660. The topological polar surface area (TPSA) is 124 Å². The van der Waals surface area contributed by atoms with Crippen molar-refractivity contribution < 1.29 is 19.2 Å². The van der Waals surface area contributed by atoms with Crippen molar-refractivity contribution in [3.63, 3.8) is 0 Å². The second-order valence-corrected chi connectivity index (χ2v) is 11.7. The van der Waals surface area contributed by atoms with Crippen molar-refractivity contribution >= 4 is 29.3 Å². The summed E-state index contributed by atoms with van der Waals surface area (Å²) < 4.78 is 7.44. The fourth-order valence-electron chi connectivity index (χ4n) is 5.19. The molecule has 12 heteroatoms. The maximum absolute atomic E-state index is 13.1. The van der Waals surface area contributed by atoms with Gasteiger partial charge in [-0.15, -0.1) is 10.2 Å². The van der Waals surface area contributed by atoms with E-state index in [2.05, 4.69) is 22.3 Å². The van der Waals surface area contributed by atoms with Crippen LogP contribution in [0.25, 0.3) is 17.1 Å². The Kier molecular flexibility index (Phi) is 9.59. The number of hydrogen-bond acceptors (Lipinski definition) is 8. The predicted octanol–water partition coefficient (Wildman–Crippen LogP) is 5.40. The van der Waals surface area contributed by atoms with Gasteiger partial charge in [0.2, 0.25) is 5.91 Å². The normalized spacial score (nSPS) is 14.8. The van der Waals surface area contributed by atoms with Gasteiger partial charge in [-0.3, -0.25) is 24.3 Å². The first kappa shape index (κ1) is 30.7. The molecule has 1 aliphatic rings. The van der Waals surface area contributed by atoms with Gasteiger partial charge in [-0.05, 0) is 50.6 Å². The molecule has 0 bridgehead atoms. The van der Waals surface area contributed by atoms with E-state index in [1.807, 2.05) is 54.8 Å². The van der Waals surface area contributed by atoms with Crippen molar-refractivity contribution in [2.24, 2.45) is 0 Å². The number of aryl methyl sites for hydroxylation is 1. The minimum absolute atomic E-state index is 0.0389. The number of nitrogens with zero attached hydrogens (tertiary/aromatic N) is 6. The second kappa shape index (κ2) is 13.7. The summed E-state index contributed by atoms with van der Waals surface area (Å²) in [6.45, 7) is 5.14. The molecular weight excluding hydrogens is 580 g/mol. The highest BCUT2D eigenvalue weighted by Gasteiger charge is 2.30. The molecule has 11 nitrogen and oxygen atoms in total. The third kappa shape index (κ3) is 6.91. The van der Waals surface area contributed by atoms with Gasteiger partial charge in [0.15, 0.2) is 11.0 Å². The van der Waals surface area contributed by atoms with Crippen LogP contribution in [0.4, 0.5) is 5.69 Å². The summed E-state index contributed by atoms with van der Waals surface area (Å²) in [4.78, 5) is 40.2. The lowest BCUT2D eigenvalue weighted by molar-refractivity contribution is -0.384. The van der Waals surface area contributed by atoms with E-state index in [1.165, 1.54) is 18.2 Å². The Morgan fingerprint density at radius 1 is 1.05 bits per heavy atom. The zero-order chi connectivity index (χ0) is 31.2. The Morgan fingerprint density at radius 2 is 1.82 bits per heavy atom. The number of aromatic nitrogens is 3. The Morgan fingerprint density at radius 3 is 2.55 bits per heavy atom. The SMILES string of the molecule is COc1cccc(-c2nnc(SCCCC(=O)N3CCN(C(=O)c4cccc([N+](=O)[O-])c4)C(C)C3)n2-c2ccc(C)cc2)c1. The number of non-ortho nitro benzene ring substituents is 1. The molecular formula is C32H34N6O5S. The number of nitro groups is 1. The van der Waals surface area contributed by atoms with E-state index in [0.717, 1.165) is 27.7 Å². The summed E-state index contributed by atoms with van der Waals surface area (Å²) >= 11 is 1.55. The van der Waals surface area contributed by atoms with Crippen LogP contribution >= 0.6 is 11.8 Å². The predicted molar refractivity (Wildman–Crippen MR) is 168 cm³/mol. The Hall–Kier alpha value is -4.71. The molecule has 4 aromatic rings. The molecule has 0 N–H and O–H groups in total. The van der Waals surface area contributed by atoms with E-state index >= 15 is 0 Å². The molecule has 2 amide bonds. The van der Waals surface area contributed by atoms with Gasteiger partial charge in [-0.2, -0.15) is 0 Å². The number of amides is 2. The van der Waals surface area contributed by atoms with Crippen LogP contribution in [0.15, 0.2) is 78.0 Å². The first-order valence-corrected chi connectivity index (χ1v) is 15.4. The summed E-state index contributed by atoms with van der Waals surface area (Å²) in [6.07, 6.45) is 1.03.